The molecular weight excluding hydrogens is 256 g/mol. The summed E-state index contributed by atoms with van der Waals surface area (Å²) < 4.78 is 5.51. The molecule has 1 N–H and O–H groups in total. The highest BCUT2D eigenvalue weighted by molar-refractivity contribution is 7.99. The van der Waals surface area contributed by atoms with E-state index in [0.717, 1.165) is 6.42 Å². The van der Waals surface area contributed by atoms with Gasteiger partial charge in [-0.3, -0.25) is 0 Å². The zero-order chi connectivity index (χ0) is 13.1. The van der Waals surface area contributed by atoms with E-state index in [1.54, 1.807) is 4.90 Å². The van der Waals surface area contributed by atoms with Gasteiger partial charge in [-0.15, -0.1) is 11.8 Å². The monoisotopic (exact) mass is 274 g/mol. The largest absolute Gasteiger partial charge is 0.480 e. The first-order valence-corrected chi connectivity index (χ1v) is 7.26. The molecule has 2 rings (SSSR count). The number of carboxylic acids is 1. The van der Waals surface area contributed by atoms with Crippen molar-refractivity contribution in [1.82, 2.24) is 9.80 Å². The van der Waals surface area contributed by atoms with E-state index < -0.39 is 12.0 Å². The van der Waals surface area contributed by atoms with Crippen LogP contribution in [0.3, 0.4) is 0 Å². The average molecular weight is 274 g/mol. The van der Waals surface area contributed by atoms with Crippen molar-refractivity contribution in [2.45, 2.75) is 25.5 Å². The number of thioether (sulfide) groups is 1. The summed E-state index contributed by atoms with van der Waals surface area (Å²) >= 11 is 1.48. The van der Waals surface area contributed by atoms with Crippen LogP contribution >= 0.6 is 11.8 Å². The third-order valence-corrected chi connectivity index (χ3v) is 4.29. The van der Waals surface area contributed by atoms with Crippen molar-refractivity contribution in [3.8, 4) is 0 Å². The van der Waals surface area contributed by atoms with Crippen LogP contribution in [0.15, 0.2) is 0 Å². The van der Waals surface area contributed by atoms with Gasteiger partial charge in [0.1, 0.15) is 6.04 Å². The molecule has 0 aromatic heterocycles. The molecule has 0 aromatic carbocycles. The van der Waals surface area contributed by atoms with Crippen LogP contribution in [0.1, 0.15) is 13.3 Å². The first kappa shape index (κ1) is 13.5. The van der Waals surface area contributed by atoms with E-state index in [1.807, 2.05) is 6.92 Å². The predicted molar refractivity (Wildman–Crippen MR) is 67.6 cm³/mol. The van der Waals surface area contributed by atoms with Gasteiger partial charge in [0.25, 0.3) is 0 Å². The average Bonchev–Trinajstić information content (AvgIpc) is 2.87. The summed E-state index contributed by atoms with van der Waals surface area (Å²) in [6.45, 7) is 3.65. The molecular formula is C11H18N2O4S. The van der Waals surface area contributed by atoms with E-state index in [4.69, 9.17) is 9.84 Å². The number of hydrogen-bond donors (Lipinski definition) is 1. The first-order chi connectivity index (χ1) is 8.63. The SMILES string of the molecule is CCC1CN(C(=O)N2CSCC2C(=O)O)CCO1. The van der Waals surface area contributed by atoms with Gasteiger partial charge >= 0.3 is 12.0 Å². The molecule has 2 aliphatic heterocycles. The summed E-state index contributed by atoms with van der Waals surface area (Å²) in [6, 6.07) is -0.862. The van der Waals surface area contributed by atoms with Crippen molar-refractivity contribution < 1.29 is 19.4 Å². The van der Waals surface area contributed by atoms with Crippen LogP contribution in [0.5, 0.6) is 0 Å². The van der Waals surface area contributed by atoms with Gasteiger partial charge in [0, 0.05) is 18.8 Å². The fourth-order valence-electron chi connectivity index (χ4n) is 2.16. The molecule has 0 aliphatic carbocycles. The van der Waals surface area contributed by atoms with Crippen LogP contribution in [0.25, 0.3) is 0 Å². The molecule has 0 radical (unpaired) electrons. The fourth-order valence-corrected chi connectivity index (χ4v) is 3.30. The van der Waals surface area contributed by atoms with Crippen LogP contribution in [-0.2, 0) is 9.53 Å². The quantitative estimate of drug-likeness (QED) is 0.801. The van der Waals surface area contributed by atoms with Crippen molar-refractivity contribution >= 4 is 23.8 Å². The number of carbonyl (C=O) groups is 2. The second kappa shape index (κ2) is 5.79. The summed E-state index contributed by atoms with van der Waals surface area (Å²) in [5.41, 5.74) is 0. The summed E-state index contributed by atoms with van der Waals surface area (Å²) in [5.74, 6) is 0.0145. The predicted octanol–water partition coefficient (Wildman–Crippen LogP) is 0.677. The zero-order valence-electron chi connectivity index (χ0n) is 10.4. The normalized spacial score (nSPS) is 28.5. The number of urea groups is 1. The van der Waals surface area contributed by atoms with Crippen molar-refractivity contribution in [2.75, 3.05) is 31.3 Å². The van der Waals surface area contributed by atoms with E-state index in [1.165, 1.54) is 16.7 Å². The van der Waals surface area contributed by atoms with Crippen molar-refractivity contribution in [2.24, 2.45) is 0 Å². The molecule has 0 aromatic rings. The van der Waals surface area contributed by atoms with E-state index in [-0.39, 0.29) is 12.1 Å². The van der Waals surface area contributed by atoms with Gasteiger partial charge < -0.3 is 19.6 Å². The number of amides is 2. The maximum Gasteiger partial charge on any atom is 0.327 e. The minimum atomic E-state index is -0.923. The Bertz CT molecular complexity index is 339. The lowest BCUT2D eigenvalue weighted by Crippen LogP contribution is -2.53. The molecule has 18 heavy (non-hydrogen) atoms. The second-order valence-electron chi connectivity index (χ2n) is 4.45. The Balaban J connectivity index is 1.99. The van der Waals surface area contributed by atoms with Gasteiger partial charge in [-0.1, -0.05) is 6.92 Å². The summed E-state index contributed by atoms with van der Waals surface area (Å²) in [5, 5.41) is 9.08. The molecule has 0 spiro atoms. The number of hydrogen-bond acceptors (Lipinski definition) is 4. The lowest BCUT2D eigenvalue weighted by atomic mass is 10.2. The Morgan fingerprint density at radius 1 is 1.50 bits per heavy atom. The van der Waals surface area contributed by atoms with Crippen LogP contribution in [-0.4, -0.2) is 70.4 Å². The molecule has 102 valence electrons. The third kappa shape index (κ3) is 2.72. The molecule has 2 heterocycles. The highest BCUT2D eigenvalue weighted by Crippen LogP contribution is 2.23. The smallest absolute Gasteiger partial charge is 0.327 e. The van der Waals surface area contributed by atoms with E-state index in [0.29, 0.717) is 31.3 Å². The number of carboxylic acid groups (broad SMARTS) is 1. The van der Waals surface area contributed by atoms with Crippen LogP contribution < -0.4 is 0 Å². The van der Waals surface area contributed by atoms with Gasteiger partial charge in [0.05, 0.1) is 18.6 Å². The fraction of sp³-hybridized carbons (Fsp3) is 0.818. The number of carbonyl (C=O) groups excluding carboxylic acids is 1. The van der Waals surface area contributed by atoms with E-state index >= 15 is 0 Å². The van der Waals surface area contributed by atoms with Crippen LogP contribution in [0.2, 0.25) is 0 Å². The lowest BCUT2D eigenvalue weighted by Gasteiger charge is -2.35. The molecule has 2 fully saturated rings. The van der Waals surface area contributed by atoms with Gasteiger partial charge in [-0.25, -0.2) is 9.59 Å². The number of morpholine rings is 1. The number of rotatable bonds is 2. The molecule has 0 saturated carbocycles. The summed E-state index contributed by atoms with van der Waals surface area (Å²) in [6.07, 6.45) is 0.933. The molecule has 2 atom stereocenters. The maximum absolute atomic E-state index is 12.3. The molecule has 7 heteroatoms. The van der Waals surface area contributed by atoms with Gasteiger partial charge in [0.15, 0.2) is 0 Å². The molecule has 2 saturated heterocycles. The minimum Gasteiger partial charge on any atom is -0.480 e. The summed E-state index contributed by atoms with van der Waals surface area (Å²) in [7, 11) is 0. The molecule has 2 aliphatic rings. The van der Waals surface area contributed by atoms with Gasteiger partial charge in [-0.2, -0.15) is 0 Å². The highest BCUT2D eigenvalue weighted by atomic mass is 32.2. The zero-order valence-corrected chi connectivity index (χ0v) is 11.2. The van der Waals surface area contributed by atoms with Crippen molar-refractivity contribution in [3.05, 3.63) is 0 Å². The summed E-state index contributed by atoms with van der Waals surface area (Å²) in [4.78, 5) is 26.5. The van der Waals surface area contributed by atoms with Gasteiger partial charge in [-0.05, 0) is 6.42 Å². The first-order valence-electron chi connectivity index (χ1n) is 6.11. The Hall–Kier alpha value is -0.950. The topological polar surface area (TPSA) is 70.1 Å². The molecule has 6 nitrogen and oxygen atoms in total. The lowest BCUT2D eigenvalue weighted by molar-refractivity contribution is -0.141. The molecule has 0 bridgehead atoms. The standard InChI is InChI=1S/C11H18N2O4S/c1-2-8-5-12(3-4-17-8)11(16)13-7-18-6-9(13)10(14)15/h8-9H,2-7H2,1H3,(H,14,15). The number of ether oxygens (including phenoxy) is 1. The van der Waals surface area contributed by atoms with E-state index in [2.05, 4.69) is 0 Å². The minimum absolute atomic E-state index is 0.0706. The molecule has 2 unspecified atom stereocenters. The third-order valence-electron chi connectivity index (χ3n) is 3.28. The maximum atomic E-state index is 12.3. The second-order valence-corrected chi connectivity index (χ2v) is 5.45. The van der Waals surface area contributed by atoms with Crippen LogP contribution in [0, 0.1) is 0 Å². The van der Waals surface area contributed by atoms with Crippen molar-refractivity contribution in [3.63, 3.8) is 0 Å². The Kier molecular flexibility index (Phi) is 4.34. The highest BCUT2D eigenvalue weighted by Gasteiger charge is 2.37. The Morgan fingerprint density at radius 3 is 2.94 bits per heavy atom. The van der Waals surface area contributed by atoms with Crippen LogP contribution in [0.4, 0.5) is 4.79 Å². The molecule has 2 amide bonds. The number of nitrogens with zero attached hydrogens (tertiary/aromatic N) is 2. The van der Waals surface area contributed by atoms with E-state index in [9.17, 15) is 9.59 Å². The Morgan fingerprint density at radius 2 is 2.28 bits per heavy atom. The van der Waals surface area contributed by atoms with Crippen molar-refractivity contribution in [1.29, 1.82) is 0 Å². The number of aliphatic carboxylic acids is 1. The Labute approximate surface area is 110 Å². The van der Waals surface area contributed by atoms with Gasteiger partial charge in [0.2, 0.25) is 0 Å².